The number of carbonyl (C=O) groups excluding carboxylic acids is 1. The number of carbonyl (C=O) groups is 1. The number of aromatic nitrogens is 1. The second-order valence-corrected chi connectivity index (χ2v) is 9.08. The number of alkyl halides is 2. The van der Waals surface area contributed by atoms with Crippen molar-refractivity contribution in [2.24, 2.45) is 0 Å². The van der Waals surface area contributed by atoms with Crippen LogP contribution in [0.2, 0.25) is 0 Å². The van der Waals surface area contributed by atoms with E-state index in [0.29, 0.717) is 23.9 Å². The van der Waals surface area contributed by atoms with Gasteiger partial charge < -0.3 is 15.5 Å². The van der Waals surface area contributed by atoms with Crippen LogP contribution in [0, 0.1) is 0 Å². The fourth-order valence-corrected chi connectivity index (χ4v) is 4.60. The molecule has 0 atom stereocenters. The minimum absolute atomic E-state index is 0.0585. The lowest BCUT2D eigenvalue weighted by Crippen LogP contribution is -2.28. The van der Waals surface area contributed by atoms with Crippen molar-refractivity contribution in [2.45, 2.75) is 12.8 Å². The van der Waals surface area contributed by atoms with Crippen molar-refractivity contribution in [3.63, 3.8) is 0 Å². The van der Waals surface area contributed by atoms with Gasteiger partial charge in [0.1, 0.15) is 0 Å². The molecule has 4 rings (SSSR count). The van der Waals surface area contributed by atoms with Crippen molar-refractivity contribution < 1.29 is 4.79 Å². The molecule has 35 heavy (non-hydrogen) atoms. The van der Waals surface area contributed by atoms with Gasteiger partial charge in [-0.25, -0.2) is 4.98 Å². The van der Waals surface area contributed by atoms with Crippen molar-refractivity contribution >= 4 is 62.3 Å². The van der Waals surface area contributed by atoms with Crippen LogP contribution in [0.25, 0.3) is 21.8 Å². The average molecular weight is 509 g/mol. The van der Waals surface area contributed by atoms with Crippen molar-refractivity contribution in [1.29, 1.82) is 0 Å². The number of hydrogen-bond acceptors (Lipinski definition) is 4. The van der Waals surface area contributed by atoms with E-state index in [0.717, 1.165) is 65.7 Å². The lowest BCUT2D eigenvalue weighted by atomic mass is 10.1. The molecule has 5 nitrogen and oxygen atoms in total. The Kier molecular flexibility index (Phi) is 9.04. The highest BCUT2D eigenvalue weighted by atomic mass is 35.5. The van der Waals surface area contributed by atoms with E-state index < -0.39 is 0 Å². The number of pyridine rings is 1. The molecule has 0 aliphatic rings. The maximum absolute atomic E-state index is 12.5. The summed E-state index contributed by atoms with van der Waals surface area (Å²) in [5.41, 5.74) is 4.76. The van der Waals surface area contributed by atoms with Gasteiger partial charge in [0.05, 0.1) is 16.7 Å². The third-order valence-electron chi connectivity index (χ3n) is 5.98. The van der Waals surface area contributed by atoms with Gasteiger partial charge in [-0.1, -0.05) is 36.4 Å². The predicted molar refractivity (Wildman–Crippen MR) is 149 cm³/mol. The lowest BCUT2D eigenvalue weighted by Gasteiger charge is -2.22. The van der Waals surface area contributed by atoms with Gasteiger partial charge in [0.25, 0.3) is 5.91 Å². The summed E-state index contributed by atoms with van der Waals surface area (Å²) in [6.45, 7) is 2.89. The number of nitrogens with one attached hydrogen (secondary N) is 2. The van der Waals surface area contributed by atoms with Crippen LogP contribution in [0.1, 0.15) is 23.2 Å². The van der Waals surface area contributed by atoms with Crippen LogP contribution in [0.4, 0.5) is 11.4 Å². The van der Waals surface area contributed by atoms with Gasteiger partial charge in [-0.15, -0.1) is 23.2 Å². The number of amides is 1. The number of anilines is 2. The Morgan fingerprint density at radius 2 is 1.34 bits per heavy atom. The summed E-state index contributed by atoms with van der Waals surface area (Å²) in [6, 6.07) is 24.0. The molecule has 0 aliphatic carbocycles. The molecule has 0 radical (unpaired) electrons. The van der Waals surface area contributed by atoms with E-state index in [4.69, 9.17) is 28.2 Å². The smallest absolute Gasteiger partial charge is 0.251 e. The Bertz CT molecular complexity index is 1200. The second-order valence-electron chi connectivity index (χ2n) is 8.32. The van der Waals surface area contributed by atoms with Crippen LogP contribution in [-0.4, -0.2) is 48.8 Å². The highest BCUT2D eigenvalue weighted by Gasteiger charge is 2.10. The fourth-order valence-electron chi connectivity index (χ4n) is 4.20. The van der Waals surface area contributed by atoms with Crippen molar-refractivity contribution in [2.75, 3.05) is 48.2 Å². The van der Waals surface area contributed by atoms with Gasteiger partial charge in [0.2, 0.25) is 0 Å². The summed E-state index contributed by atoms with van der Waals surface area (Å²) >= 11 is 11.8. The molecule has 0 unspecified atom stereocenters. The molecule has 0 fully saturated rings. The molecule has 7 heteroatoms. The Morgan fingerprint density at radius 1 is 0.771 bits per heavy atom. The lowest BCUT2D eigenvalue weighted by molar-refractivity contribution is 0.0953. The van der Waals surface area contributed by atoms with E-state index >= 15 is 0 Å². The number of hydrogen-bond donors (Lipinski definition) is 2. The van der Waals surface area contributed by atoms with Crippen molar-refractivity contribution in [1.82, 2.24) is 10.3 Å². The molecule has 0 saturated heterocycles. The summed E-state index contributed by atoms with van der Waals surface area (Å²) < 4.78 is 0. The highest BCUT2D eigenvalue weighted by molar-refractivity contribution is 6.18. The van der Waals surface area contributed by atoms with E-state index in [1.807, 2.05) is 60.7 Å². The van der Waals surface area contributed by atoms with E-state index in [1.165, 1.54) is 0 Å². The Morgan fingerprint density at radius 3 is 1.94 bits per heavy atom. The Labute approximate surface area is 216 Å². The first-order valence-electron chi connectivity index (χ1n) is 12.0. The first-order chi connectivity index (χ1) is 17.2. The molecule has 2 N–H and O–H groups in total. The van der Waals surface area contributed by atoms with Gasteiger partial charge in [-0.2, -0.15) is 0 Å². The van der Waals surface area contributed by atoms with E-state index in [1.54, 1.807) is 0 Å². The molecule has 0 bridgehead atoms. The minimum Gasteiger partial charge on any atom is -0.384 e. The number of unbranched alkanes of at least 4 members (excludes halogenated alkanes) is 1. The van der Waals surface area contributed by atoms with Crippen molar-refractivity contribution in [3.8, 4) is 0 Å². The number of benzene rings is 3. The van der Waals surface area contributed by atoms with Crippen LogP contribution in [0.3, 0.4) is 0 Å². The fraction of sp³-hybridized carbons (Fsp3) is 0.286. The Hall–Kier alpha value is -3.02. The number of rotatable bonds is 12. The predicted octanol–water partition coefficient (Wildman–Crippen LogP) is 6.29. The maximum atomic E-state index is 12.5. The minimum atomic E-state index is -0.0585. The highest BCUT2D eigenvalue weighted by Crippen LogP contribution is 2.30. The van der Waals surface area contributed by atoms with Crippen LogP contribution in [-0.2, 0) is 0 Å². The zero-order valence-electron chi connectivity index (χ0n) is 19.6. The maximum Gasteiger partial charge on any atom is 0.251 e. The van der Waals surface area contributed by atoms with E-state index in [2.05, 4.69) is 27.7 Å². The molecule has 182 valence electrons. The normalized spacial score (nSPS) is 11.0. The summed E-state index contributed by atoms with van der Waals surface area (Å²) in [6.07, 6.45) is 1.83. The Balaban J connectivity index is 1.27. The molecule has 0 saturated carbocycles. The van der Waals surface area contributed by atoms with E-state index in [-0.39, 0.29) is 5.91 Å². The summed E-state index contributed by atoms with van der Waals surface area (Å²) in [7, 11) is 0. The summed E-state index contributed by atoms with van der Waals surface area (Å²) in [5, 5.41) is 8.88. The van der Waals surface area contributed by atoms with Gasteiger partial charge in [0, 0.05) is 60.0 Å². The molecule has 0 spiro atoms. The molecule has 1 aromatic heterocycles. The quantitative estimate of drug-likeness (QED) is 0.134. The van der Waals surface area contributed by atoms with Crippen LogP contribution >= 0.6 is 23.2 Å². The van der Waals surface area contributed by atoms with Gasteiger partial charge >= 0.3 is 0 Å². The molecular formula is C28H30Cl2N4O. The second kappa shape index (κ2) is 12.6. The van der Waals surface area contributed by atoms with Gasteiger partial charge in [-0.3, -0.25) is 4.79 Å². The topological polar surface area (TPSA) is 57.3 Å². The van der Waals surface area contributed by atoms with Gasteiger partial charge in [-0.05, 0) is 49.2 Å². The first-order valence-corrected chi connectivity index (χ1v) is 13.0. The average Bonchev–Trinajstić information content (AvgIpc) is 2.90. The SMILES string of the molecule is O=C(NCCCCNc1c2ccccc2nc2ccccc12)c1ccc(N(CCCl)CCCl)cc1. The summed E-state index contributed by atoms with van der Waals surface area (Å²) in [4.78, 5) is 19.4. The van der Waals surface area contributed by atoms with Crippen LogP contribution < -0.4 is 15.5 Å². The standard InChI is InChI=1S/C28H30Cl2N4O/c29-15-19-34(20-16-30)22-13-11-21(12-14-22)28(35)32-18-6-5-17-31-27-23-7-1-3-9-25(23)33-26-10-4-2-8-24(26)27/h1-4,7-14H,5-6,15-20H2,(H,31,33)(H,32,35). The van der Waals surface area contributed by atoms with Crippen LogP contribution in [0.5, 0.6) is 0 Å². The van der Waals surface area contributed by atoms with E-state index in [9.17, 15) is 4.79 Å². The van der Waals surface area contributed by atoms with Crippen LogP contribution in [0.15, 0.2) is 72.8 Å². The monoisotopic (exact) mass is 508 g/mol. The largest absolute Gasteiger partial charge is 0.384 e. The molecule has 0 aliphatic heterocycles. The number of para-hydroxylation sites is 2. The molecule has 1 heterocycles. The number of nitrogens with zero attached hydrogens (tertiary/aromatic N) is 2. The molecule has 1 amide bonds. The summed E-state index contributed by atoms with van der Waals surface area (Å²) in [5.74, 6) is 1.00. The molecule has 3 aromatic carbocycles. The first kappa shape index (κ1) is 25.1. The number of halogens is 2. The van der Waals surface area contributed by atoms with Gasteiger partial charge in [0.15, 0.2) is 0 Å². The zero-order valence-corrected chi connectivity index (χ0v) is 21.2. The molecule has 4 aromatic rings. The third-order valence-corrected chi connectivity index (χ3v) is 6.32. The zero-order chi connectivity index (χ0) is 24.5. The number of fused-ring (bicyclic) bond motifs is 2. The third kappa shape index (κ3) is 6.36. The van der Waals surface area contributed by atoms with Crippen molar-refractivity contribution in [3.05, 3.63) is 78.4 Å². The molecular weight excluding hydrogens is 479 g/mol.